The van der Waals surface area contributed by atoms with E-state index in [1.807, 2.05) is 12.1 Å². The van der Waals surface area contributed by atoms with Crippen molar-refractivity contribution >= 4 is 11.9 Å². The van der Waals surface area contributed by atoms with Crippen LogP contribution in [0, 0.1) is 5.92 Å². The highest BCUT2D eigenvalue weighted by Crippen LogP contribution is 2.29. The molecule has 0 saturated carbocycles. The van der Waals surface area contributed by atoms with Crippen LogP contribution >= 0.6 is 0 Å². The quantitative estimate of drug-likeness (QED) is 0.747. The van der Waals surface area contributed by atoms with Crippen molar-refractivity contribution in [2.24, 2.45) is 5.92 Å². The Morgan fingerprint density at radius 1 is 1.27 bits per heavy atom. The summed E-state index contributed by atoms with van der Waals surface area (Å²) in [7, 11) is 3.14. The van der Waals surface area contributed by atoms with Gasteiger partial charge in [0.05, 0.1) is 26.7 Å². The Morgan fingerprint density at radius 2 is 2.00 bits per heavy atom. The summed E-state index contributed by atoms with van der Waals surface area (Å²) >= 11 is 0. The first-order valence-corrected chi connectivity index (χ1v) is 7.24. The zero-order valence-corrected chi connectivity index (χ0v) is 13.1. The minimum absolute atomic E-state index is 0.0344. The molecule has 6 nitrogen and oxygen atoms in total. The molecule has 0 radical (unpaired) electrons. The molecule has 0 bridgehead atoms. The number of methoxy groups -OCH3 is 2. The van der Waals surface area contributed by atoms with Crippen LogP contribution in [0.25, 0.3) is 0 Å². The molecule has 1 amide bonds. The van der Waals surface area contributed by atoms with Gasteiger partial charge in [0, 0.05) is 19.5 Å². The van der Waals surface area contributed by atoms with Gasteiger partial charge in [-0.3, -0.25) is 9.59 Å². The molecule has 1 fully saturated rings. The minimum atomic E-state index is -0.368. The third kappa shape index (κ3) is 3.50. The summed E-state index contributed by atoms with van der Waals surface area (Å²) in [6.45, 7) is 2.93. The number of esters is 1. The monoisotopic (exact) mass is 307 g/mol. The molecule has 0 aliphatic carbocycles. The fourth-order valence-electron chi connectivity index (χ4n) is 2.54. The number of nitrogens with zero attached hydrogens (tertiary/aromatic N) is 1. The lowest BCUT2D eigenvalue weighted by molar-refractivity contribution is -0.147. The molecule has 1 heterocycles. The van der Waals surface area contributed by atoms with E-state index in [1.165, 1.54) is 0 Å². The number of rotatable bonds is 6. The van der Waals surface area contributed by atoms with Gasteiger partial charge >= 0.3 is 5.97 Å². The molecule has 0 aromatic heterocycles. The van der Waals surface area contributed by atoms with Crippen LogP contribution in [-0.4, -0.2) is 44.1 Å². The number of ether oxygens (including phenoxy) is 3. The topological polar surface area (TPSA) is 65.1 Å². The summed E-state index contributed by atoms with van der Waals surface area (Å²) in [5.74, 6) is 0.558. The van der Waals surface area contributed by atoms with Gasteiger partial charge in [-0.1, -0.05) is 6.07 Å². The molecule has 22 heavy (non-hydrogen) atoms. The summed E-state index contributed by atoms with van der Waals surface area (Å²) in [6.07, 6.45) is 0.214. The van der Waals surface area contributed by atoms with Crippen LogP contribution in [0.5, 0.6) is 11.5 Å². The molecular formula is C16H21NO5. The molecule has 1 atom stereocenters. The first-order valence-electron chi connectivity index (χ1n) is 7.24. The summed E-state index contributed by atoms with van der Waals surface area (Å²) in [6, 6.07) is 5.52. The van der Waals surface area contributed by atoms with Gasteiger partial charge in [0.2, 0.25) is 5.91 Å². The summed E-state index contributed by atoms with van der Waals surface area (Å²) in [4.78, 5) is 25.4. The van der Waals surface area contributed by atoms with E-state index < -0.39 is 0 Å². The Hall–Kier alpha value is -2.24. The van der Waals surface area contributed by atoms with Gasteiger partial charge in [0.25, 0.3) is 0 Å². The fourth-order valence-corrected chi connectivity index (χ4v) is 2.54. The maximum absolute atomic E-state index is 12.0. The Morgan fingerprint density at radius 3 is 2.64 bits per heavy atom. The molecule has 6 heteroatoms. The summed E-state index contributed by atoms with van der Waals surface area (Å²) in [5.41, 5.74) is 0.926. The second-order valence-corrected chi connectivity index (χ2v) is 5.12. The summed E-state index contributed by atoms with van der Waals surface area (Å²) < 4.78 is 15.4. The predicted molar refractivity (Wildman–Crippen MR) is 79.7 cm³/mol. The number of carbonyl (C=O) groups excluding carboxylic acids is 2. The van der Waals surface area contributed by atoms with Crippen LogP contribution in [0.2, 0.25) is 0 Å². The van der Waals surface area contributed by atoms with E-state index in [0.717, 1.165) is 5.56 Å². The molecule has 1 aliphatic rings. The number of hydrogen-bond acceptors (Lipinski definition) is 5. The van der Waals surface area contributed by atoms with Crippen molar-refractivity contribution in [3.8, 4) is 11.5 Å². The van der Waals surface area contributed by atoms with E-state index in [-0.39, 0.29) is 24.2 Å². The Kier molecular flexibility index (Phi) is 5.25. The van der Waals surface area contributed by atoms with Gasteiger partial charge in [0.15, 0.2) is 11.5 Å². The van der Waals surface area contributed by atoms with E-state index in [2.05, 4.69) is 0 Å². The van der Waals surface area contributed by atoms with Crippen LogP contribution in [0.1, 0.15) is 18.9 Å². The summed E-state index contributed by atoms with van der Waals surface area (Å²) in [5, 5.41) is 0. The van der Waals surface area contributed by atoms with Crippen molar-refractivity contribution in [1.29, 1.82) is 0 Å². The van der Waals surface area contributed by atoms with E-state index >= 15 is 0 Å². The minimum Gasteiger partial charge on any atom is -0.493 e. The molecule has 120 valence electrons. The van der Waals surface area contributed by atoms with Gasteiger partial charge < -0.3 is 19.1 Å². The molecule has 0 spiro atoms. The van der Waals surface area contributed by atoms with E-state index in [0.29, 0.717) is 31.2 Å². The highest BCUT2D eigenvalue weighted by Gasteiger charge is 2.35. The lowest BCUT2D eigenvalue weighted by Crippen LogP contribution is -2.26. The van der Waals surface area contributed by atoms with Gasteiger partial charge in [-0.25, -0.2) is 0 Å². The molecule has 1 aromatic carbocycles. The van der Waals surface area contributed by atoms with Crippen LogP contribution in [-0.2, 0) is 20.9 Å². The molecule has 1 aromatic rings. The lowest BCUT2D eigenvalue weighted by atomic mass is 10.1. The van der Waals surface area contributed by atoms with E-state index in [1.54, 1.807) is 32.1 Å². The fraction of sp³-hybridized carbons (Fsp3) is 0.500. The third-order valence-electron chi connectivity index (χ3n) is 3.66. The number of likely N-dealkylation sites (tertiary alicyclic amines) is 1. The molecule has 1 aliphatic heterocycles. The van der Waals surface area contributed by atoms with Gasteiger partial charge in [0.1, 0.15) is 0 Å². The van der Waals surface area contributed by atoms with Crippen LogP contribution in [0.15, 0.2) is 18.2 Å². The van der Waals surface area contributed by atoms with Crippen LogP contribution in [0.3, 0.4) is 0 Å². The zero-order valence-electron chi connectivity index (χ0n) is 13.1. The number of benzene rings is 1. The number of amides is 1. The largest absolute Gasteiger partial charge is 0.493 e. The number of hydrogen-bond donors (Lipinski definition) is 0. The Bertz CT molecular complexity index is 557. The van der Waals surface area contributed by atoms with Crippen molar-refractivity contribution in [2.45, 2.75) is 19.9 Å². The Labute approximate surface area is 129 Å². The standard InChI is InChI=1S/C16H21NO5/c1-4-22-16(19)12-8-15(18)17(10-12)9-11-5-6-13(20-2)14(7-11)21-3/h5-7,12H,4,8-10H2,1-3H3. The van der Waals surface area contributed by atoms with Crippen molar-refractivity contribution in [2.75, 3.05) is 27.4 Å². The van der Waals surface area contributed by atoms with Crippen molar-refractivity contribution in [3.63, 3.8) is 0 Å². The maximum atomic E-state index is 12.0. The zero-order chi connectivity index (χ0) is 16.1. The number of carbonyl (C=O) groups is 2. The highest BCUT2D eigenvalue weighted by molar-refractivity contribution is 5.86. The second-order valence-electron chi connectivity index (χ2n) is 5.12. The van der Waals surface area contributed by atoms with Gasteiger partial charge in [-0.15, -0.1) is 0 Å². The molecule has 1 unspecified atom stereocenters. The van der Waals surface area contributed by atoms with E-state index in [9.17, 15) is 9.59 Å². The maximum Gasteiger partial charge on any atom is 0.311 e. The van der Waals surface area contributed by atoms with Crippen LogP contribution in [0.4, 0.5) is 0 Å². The normalized spacial score (nSPS) is 17.5. The molecule has 2 rings (SSSR count). The van der Waals surface area contributed by atoms with Crippen molar-refractivity contribution < 1.29 is 23.8 Å². The smallest absolute Gasteiger partial charge is 0.311 e. The first kappa shape index (κ1) is 16.1. The van der Waals surface area contributed by atoms with Gasteiger partial charge in [-0.2, -0.15) is 0 Å². The average molecular weight is 307 g/mol. The molecule has 0 N–H and O–H groups in total. The second kappa shape index (κ2) is 7.15. The SMILES string of the molecule is CCOC(=O)C1CC(=O)N(Cc2ccc(OC)c(OC)c2)C1. The van der Waals surface area contributed by atoms with E-state index in [4.69, 9.17) is 14.2 Å². The lowest BCUT2D eigenvalue weighted by Gasteiger charge is -2.17. The van der Waals surface area contributed by atoms with Crippen molar-refractivity contribution in [1.82, 2.24) is 4.90 Å². The highest BCUT2D eigenvalue weighted by atomic mass is 16.5. The average Bonchev–Trinajstić information content (AvgIpc) is 2.88. The van der Waals surface area contributed by atoms with Crippen molar-refractivity contribution in [3.05, 3.63) is 23.8 Å². The molecule has 1 saturated heterocycles. The van der Waals surface area contributed by atoms with Gasteiger partial charge in [-0.05, 0) is 24.6 Å². The predicted octanol–water partition coefficient (Wildman–Crippen LogP) is 1.62. The molecular weight excluding hydrogens is 286 g/mol. The first-order chi connectivity index (χ1) is 10.6. The Balaban J connectivity index is 2.05. The van der Waals surface area contributed by atoms with Crippen LogP contribution < -0.4 is 9.47 Å². The third-order valence-corrected chi connectivity index (χ3v) is 3.66.